The second-order valence-corrected chi connectivity index (χ2v) is 12.7. The van der Waals surface area contributed by atoms with Crippen molar-refractivity contribution in [2.24, 2.45) is 5.92 Å². The van der Waals surface area contributed by atoms with E-state index >= 15 is 0 Å². The molecular weight excluding hydrogens is 560 g/mol. The van der Waals surface area contributed by atoms with E-state index in [0.29, 0.717) is 10.8 Å². The molecule has 41 heavy (non-hydrogen) atoms. The standard InChI is InChI=1S/C31H32N2O6S2/c1-22-28(21-40-29-9-5-6-18-33(29)35)38-31(39-30(22)25-14-12-24(20-34)13-15-25)26-16-10-23(11-17-26)19-32-41(36,37)27-7-3-2-4-8-27/h2-18,22,28,30-32,34H,19-21H2,1H3/t22-,28+,30+,31+/m1/s1. The maximum Gasteiger partial charge on any atom is 0.251 e. The monoisotopic (exact) mass is 592 g/mol. The molecule has 8 nitrogen and oxygen atoms in total. The number of sulfonamides is 1. The molecule has 10 heteroatoms. The van der Waals surface area contributed by atoms with E-state index in [1.807, 2.05) is 54.6 Å². The summed E-state index contributed by atoms with van der Waals surface area (Å²) in [7, 11) is -3.62. The number of aromatic nitrogens is 1. The van der Waals surface area contributed by atoms with E-state index in [4.69, 9.17) is 9.47 Å². The lowest BCUT2D eigenvalue weighted by molar-refractivity contribution is -0.645. The summed E-state index contributed by atoms with van der Waals surface area (Å²) >= 11 is 1.44. The summed E-state index contributed by atoms with van der Waals surface area (Å²) in [5, 5.41) is 22.3. The minimum Gasteiger partial charge on any atom is -0.618 e. The fourth-order valence-corrected chi connectivity index (χ4v) is 6.77. The average Bonchev–Trinajstić information content (AvgIpc) is 3.01. The molecule has 1 aliphatic heterocycles. The van der Waals surface area contributed by atoms with Crippen molar-refractivity contribution in [3.8, 4) is 0 Å². The van der Waals surface area contributed by atoms with Crippen LogP contribution in [0.2, 0.25) is 0 Å². The van der Waals surface area contributed by atoms with E-state index in [1.54, 1.807) is 42.5 Å². The maximum absolute atomic E-state index is 12.6. The van der Waals surface area contributed by atoms with Gasteiger partial charge in [0.15, 0.2) is 12.5 Å². The Morgan fingerprint density at radius 1 is 0.878 bits per heavy atom. The molecule has 1 fully saturated rings. The normalized spacial score (nSPS) is 21.0. The molecule has 0 spiro atoms. The lowest BCUT2D eigenvalue weighted by atomic mass is 9.91. The Labute approximate surface area is 244 Å². The molecule has 0 radical (unpaired) electrons. The van der Waals surface area contributed by atoms with Gasteiger partial charge in [0.1, 0.15) is 0 Å². The highest BCUT2D eigenvalue weighted by Gasteiger charge is 2.38. The fourth-order valence-electron chi connectivity index (χ4n) is 4.66. The first-order valence-corrected chi connectivity index (χ1v) is 15.8. The molecule has 1 aliphatic rings. The highest BCUT2D eigenvalue weighted by molar-refractivity contribution is 7.99. The average molecular weight is 593 g/mol. The van der Waals surface area contributed by atoms with Crippen molar-refractivity contribution in [3.63, 3.8) is 0 Å². The first-order chi connectivity index (χ1) is 19.8. The molecular formula is C31H32N2O6S2. The summed E-state index contributed by atoms with van der Waals surface area (Å²) in [4.78, 5) is 0.217. The topological polar surface area (TPSA) is 112 Å². The van der Waals surface area contributed by atoms with Crippen LogP contribution in [-0.2, 0) is 32.6 Å². The molecule has 0 unspecified atom stereocenters. The lowest BCUT2D eigenvalue weighted by Gasteiger charge is -2.41. The van der Waals surface area contributed by atoms with Gasteiger partial charge in [0, 0.05) is 35.9 Å². The van der Waals surface area contributed by atoms with Crippen LogP contribution in [-0.4, -0.2) is 25.4 Å². The Bertz CT molecular complexity index is 1530. The molecule has 1 aromatic heterocycles. The van der Waals surface area contributed by atoms with Gasteiger partial charge in [0.2, 0.25) is 10.0 Å². The molecule has 0 saturated carbocycles. The fraction of sp³-hybridized carbons (Fsp3) is 0.258. The number of rotatable bonds is 10. The van der Waals surface area contributed by atoms with E-state index < -0.39 is 16.3 Å². The zero-order valence-corrected chi connectivity index (χ0v) is 24.1. The summed E-state index contributed by atoms with van der Waals surface area (Å²) in [6, 6.07) is 28.7. The zero-order valence-electron chi connectivity index (χ0n) is 22.5. The van der Waals surface area contributed by atoms with Crippen LogP contribution in [0.1, 0.15) is 41.6 Å². The number of benzene rings is 3. The third kappa shape index (κ3) is 7.16. The van der Waals surface area contributed by atoms with Crippen LogP contribution in [0.3, 0.4) is 0 Å². The van der Waals surface area contributed by atoms with Crippen molar-refractivity contribution in [2.45, 2.75) is 48.5 Å². The predicted octanol–water partition coefficient (Wildman–Crippen LogP) is 4.87. The van der Waals surface area contributed by atoms with E-state index in [1.165, 1.54) is 18.0 Å². The minimum absolute atomic E-state index is 0.0193. The molecule has 0 bridgehead atoms. The lowest BCUT2D eigenvalue weighted by Crippen LogP contribution is -2.39. The zero-order chi connectivity index (χ0) is 28.8. The van der Waals surface area contributed by atoms with Crippen LogP contribution in [0.5, 0.6) is 0 Å². The third-order valence-electron chi connectivity index (χ3n) is 7.08. The van der Waals surface area contributed by atoms with Gasteiger partial charge >= 0.3 is 0 Å². The Hall–Kier alpha value is -3.25. The van der Waals surface area contributed by atoms with E-state index in [2.05, 4.69) is 11.6 Å². The Balaban J connectivity index is 1.33. The Morgan fingerprint density at radius 3 is 2.22 bits per heavy atom. The van der Waals surface area contributed by atoms with E-state index in [-0.39, 0.29) is 36.2 Å². The van der Waals surface area contributed by atoms with Crippen LogP contribution in [0.25, 0.3) is 0 Å². The number of hydrogen-bond donors (Lipinski definition) is 2. The molecule has 5 rings (SSSR count). The van der Waals surface area contributed by atoms with Crippen LogP contribution in [0, 0.1) is 11.1 Å². The van der Waals surface area contributed by atoms with Crippen LogP contribution in [0.15, 0.2) is 113 Å². The molecule has 4 aromatic rings. The Morgan fingerprint density at radius 2 is 1.54 bits per heavy atom. The van der Waals surface area contributed by atoms with E-state index in [0.717, 1.165) is 27.0 Å². The van der Waals surface area contributed by atoms with Gasteiger partial charge in [-0.2, -0.15) is 4.73 Å². The van der Waals surface area contributed by atoms with Crippen molar-refractivity contribution in [2.75, 3.05) is 5.75 Å². The van der Waals surface area contributed by atoms with Crippen LogP contribution < -0.4 is 9.45 Å². The molecule has 0 amide bonds. The molecule has 3 aromatic carbocycles. The SMILES string of the molecule is C[C@@H]1[C@H](CSc2cccc[n+]2[O-])O[C@H](c2ccc(CNS(=O)(=O)c3ccccc3)cc2)O[C@@H]1c1ccc(CO)cc1. The number of aliphatic hydroxyl groups is 1. The molecule has 2 heterocycles. The molecule has 1 saturated heterocycles. The van der Waals surface area contributed by atoms with Crippen LogP contribution >= 0.6 is 11.8 Å². The van der Waals surface area contributed by atoms with Gasteiger partial charge in [0.05, 0.1) is 23.7 Å². The number of nitrogens with zero attached hydrogens (tertiary/aromatic N) is 1. The summed E-state index contributed by atoms with van der Waals surface area (Å²) in [6.45, 7) is 2.18. The molecule has 0 aliphatic carbocycles. The number of ether oxygens (including phenoxy) is 2. The number of pyridine rings is 1. The van der Waals surface area contributed by atoms with Crippen molar-refractivity contribution in [1.29, 1.82) is 0 Å². The van der Waals surface area contributed by atoms with Gasteiger partial charge in [-0.05, 0) is 34.9 Å². The summed E-state index contributed by atoms with van der Waals surface area (Å²) < 4.78 is 41.6. The quantitative estimate of drug-likeness (QED) is 0.153. The van der Waals surface area contributed by atoms with Crippen molar-refractivity contribution >= 4 is 21.8 Å². The molecule has 2 N–H and O–H groups in total. The summed E-state index contributed by atoms with van der Waals surface area (Å²) in [5.41, 5.74) is 3.39. The maximum atomic E-state index is 12.6. The highest BCUT2D eigenvalue weighted by Crippen LogP contribution is 2.42. The smallest absolute Gasteiger partial charge is 0.251 e. The first-order valence-electron chi connectivity index (χ1n) is 13.3. The molecule has 4 atom stereocenters. The van der Waals surface area contributed by atoms with E-state index in [9.17, 15) is 18.7 Å². The number of nitrogens with one attached hydrogen (secondary N) is 1. The predicted molar refractivity (Wildman–Crippen MR) is 156 cm³/mol. The number of thioether (sulfide) groups is 1. The van der Waals surface area contributed by atoms with Crippen molar-refractivity contribution < 1.29 is 27.7 Å². The van der Waals surface area contributed by atoms with Gasteiger partial charge in [-0.25, -0.2) is 13.1 Å². The summed E-state index contributed by atoms with van der Waals surface area (Å²) in [6.07, 6.45) is 0.315. The molecule has 214 valence electrons. The Kier molecular flexibility index (Phi) is 9.39. The second-order valence-electron chi connectivity index (χ2n) is 9.88. The number of aliphatic hydroxyl groups excluding tert-OH is 1. The van der Waals surface area contributed by atoms with Crippen molar-refractivity contribution in [1.82, 2.24) is 4.72 Å². The van der Waals surface area contributed by atoms with Crippen LogP contribution in [0.4, 0.5) is 0 Å². The number of hydrogen-bond acceptors (Lipinski definition) is 7. The third-order valence-corrected chi connectivity index (χ3v) is 9.60. The largest absolute Gasteiger partial charge is 0.618 e. The minimum atomic E-state index is -3.62. The van der Waals surface area contributed by atoms with Crippen molar-refractivity contribution in [3.05, 3.63) is 131 Å². The first kappa shape index (κ1) is 29.2. The van der Waals surface area contributed by atoms with Gasteiger partial charge in [-0.1, -0.05) is 85.4 Å². The van der Waals surface area contributed by atoms with Gasteiger partial charge in [0.25, 0.3) is 5.03 Å². The second kappa shape index (κ2) is 13.2. The summed E-state index contributed by atoms with van der Waals surface area (Å²) in [5.74, 6) is 0.534. The highest BCUT2D eigenvalue weighted by atomic mass is 32.2. The van der Waals surface area contributed by atoms with Gasteiger partial charge in [-0.15, -0.1) is 0 Å². The van der Waals surface area contributed by atoms with Gasteiger partial charge in [-0.3, -0.25) is 0 Å². The van der Waals surface area contributed by atoms with Gasteiger partial charge < -0.3 is 19.8 Å².